The SMILES string of the molecule is CC(C)n1c(-c2cc(N)cc(Cl)c2)nc2c(N)nc(NC3CCCCC3N)nc21. The minimum absolute atomic E-state index is 0.0873. The van der Waals surface area contributed by atoms with Crippen LogP contribution in [-0.4, -0.2) is 31.6 Å². The topological polar surface area (TPSA) is 134 Å². The standard InChI is InChI=1S/C20H27ClN8/c1-10(2)29-18(11-7-12(21)9-13(22)8-11)26-16-17(24)27-20(28-19(16)29)25-15-6-4-3-5-14(15)23/h7-10,14-15H,3-6,22-23H2,1-2H3,(H3,24,25,27,28). The molecular weight excluding hydrogens is 388 g/mol. The predicted octanol–water partition coefficient (Wildman–Crippen LogP) is 3.57. The lowest BCUT2D eigenvalue weighted by Gasteiger charge is -2.29. The molecule has 2 unspecified atom stereocenters. The van der Waals surface area contributed by atoms with Crippen LogP contribution in [0.3, 0.4) is 0 Å². The first-order chi connectivity index (χ1) is 13.8. The third kappa shape index (κ3) is 3.82. The fourth-order valence-corrected chi connectivity index (χ4v) is 4.24. The highest BCUT2D eigenvalue weighted by Gasteiger charge is 2.24. The maximum Gasteiger partial charge on any atom is 0.227 e. The van der Waals surface area contributed by atoms with Gasteiger partial charge in [-0.25, -0.2) is 4.98 Å². The number of nitrogens with two attached hydrogens (primary N) is 3. The summed E-state index contributed by atoms with van der Waals surface area (Å²) in [5, 5.41) is 3.94. The molecule has 0 spiro atoms. The second-order valence-corrected chi connectivity index (χ2v) is 8.41. The number of anilines is 3. The van der Waals surface area contributed by atoms with Gasteiger partial charge in [0.15, 0.2) is 17.0 Å². The molecule has 7 N–H and O–H groups in total. The lowest BCUT2D eigenvalue weighted by atomic mass is 9.91. The van der Waals surface area contributed by atoms with Gasteiger partial charge in [-0.3, -0.25) is 0 Å². The molecule has 1 aliphatic rings. The van der Waals surface area contributed by atoms with Gasteiger partial charge in [-0.15, -0.1) is 0 Å². The number of fused-ring (bicyclic) bond motifs is 1. The lowest BCUT2D eigenvalue weighted by Crippen LogP contribution is -2.43. The Bertz CT molecular complexity index is 1020. The van der Waals surface area contributed by atoms with E-state index in [9.17, 15) is 0 Å². The minimum atomic E-state index is 0.0873. The summed E-state index contributed by atoms with van der Waals surface area (Å²) in [7, 11) is 0. The minimum Gasteiger partial charge on any atom is -0.399 e. The summed E-state index contributed by atoms with van der Waals surface area (Å²) in [4.78, 5) is 13.9. The zero-order chi connectivity index (χ0) is 20.7. The van der Waals surface area contributed by atoms with Gasteiger partial charge in [-0.1, -0.05) is 24.4 Å². The molecule has 29 heavy (non-hydrogen) atoms. The highest BCUT2D eigenvalue weighted by molar-refractivity contribution is 6.31. The Morgan fingerprint density at radius 2 is 1.86 bits per heavy atom. The van der Waals surface area contributed by atoms with E-state index in [1.54, 1.807) is 6.07 Å². The Labute approximate surface area is 174 Å². The predicted molar refractivity (Wildman–Crippen MR) is 119 cm³/mol. The Balaban J connectivity index is 1.82. The van der Waals surface area contributed by atoms with Gasteiger partial charge in [-0.05, 0) is 44.9 Å². The van der Waals surface area contributed by atoms with Gasteiger partial charge in [-0.2, -0.15) is 9.97 Å². The Hall–Kier alpha value is -2.58. The van der Waals surface area contributed by atoms with E-state index in [2.05, 4.69) is 24.1 Å². The molecule has 0 amide bonds. The van der Waals surface area contributed by atoms with E-state index in [1.807, 2.05) is 16.7 Å². The van der Waals surface area contributed by atoms with E-state index < -0.39 is 0 Å². The number of aromatic nitrogens is 4. The van der Waals surface area contributed by atoms with Crippen molar-refractivity contribution in [3.8, 4) is 11.4 Å². The first-order valence-corrected chi connectivity index (χ1v) is 10.3. The van der Waals surface area contributed by atoms with Crippen molar-refractivity contribution in [2.24, 2.45) is 5.73 Å². The van der Waals surface area contributed by atoms with Crippen LogP contribution in [0, 0.1) is 0 Å². The van der Waals surface area contributed by atoms with Gasteiger partial charge >= 0.3 is 0 Å². The van der Waals surface area contributed by atoms with Crippen LogP contribution < -0.4 is 22.5 Å². The first kappa shape index (κ1) is 19.7. The fourth-order valence-electron chi connectivity index (χ4n) is 4.00. The molecule has 4 rings (SSSR count). The van der Waals surface area contributed by atoms with E-state index in [0.29, 0.717) is 39.5 Å². The van der Waals surface area contributed by atoms with Crippen molar-refractivity contribution in [2.75, 3.05) is 16.8 Å². The zero-order valence-corrected chi connectivity index (χ0v) is 17.4. The maximum atomic E-state index is 6.27. The third-order valence-corrected chi connectivity index (χ3v) is 5.61. The van der Waals surface area contributed by atoms with Crippen molar-refractivity contribution in [1.29, 1.82) is 0 Å². The molecule has 3 aromatic rings. The molecule has 8 nitrogen and oxygen atoms in total. The number of nitrogens with zero attached hydrogens (tertiary/aromatic N) is 4. The second kappa shape index (κ2) is 7.68. The Kier molecular flexibility index (Phi) is 5.23. The van der Waals surface area contributed by atoms with E-state index in [4.69, 9.17) is 38.8 Å². The summed E-state index contributed by atoms with van der Waals surface area (Å²) < 4.78 is 2.03. The molecule has 1 fully saturated rings. The van der Waals surface area contributed by atoms with Crippen LogP contribution in [0.2, 0.25) is 5.02 Å². The zero-order valence-electron chi connectivity index (χ0n) is 16.7. The number of nitrogen functional groups attached to an aromatic ring is 2. The third-order valence-electron chi connectivity index (χ3n) is 5.40. The van der Waals surface area contributed by atoms with Crippen LogP contribution in [-0.2, 0) is 0 Å². The maximum absolute atomic E-state index is 6.27. The summed E-state index contributed by atoms with van der Waals surface area (Å²) in [5.74, 6) is 1.52. The largest absolute Gasteiger partial charge is 0.399 e. The molecule has 2 atom stereocenters. The summed E-state index contributed by atoms with van der Waals surface area (Å²) in [6.45, 7) is 4.14. The molecular formula is C20H27ClN8. The number of nitrogens with one attached hydrogen (secondary N) is 1. The first-order valence-electron chi connectivity index (χ1n) is 9.97. The van der Waals surface area contributed by atoms with Crippen LogP contribution in [0.1, 0.15) is 45.6 Å². The molecule has 1 aromatic carbocycles. The highest BCUT2D eigenvalue weighted by atomic mass is 35.5. The molecule has 2 aromatic heterocycles. The van der Waals surface area contributed by atoms with Crippen LogP contribution in [0.4, 0.5) is 17.5 Å². The van der Waals surface area contributed by atoms with Crippen LogP contribution in [0.5, 0.6) is 0 Å². The number of benzene rings is 1. The summed E-state index contributed by atoms with van der Waals surface area (Å²) >= 11 is 6.22. The molecule has 9 heteroatoms. The molecule has 2 heterocycles. The van der Waals surface area contributed by atoms with Crippen LogP contribution in [0.25, 0.3) is 22.6 Å². The van der Waals surface area contributed by atoms with Gasteiger partial charge in [0, 0.05) is 34.4 Å². The van der Waals surface area contributed by atoms with E-state index in [1.165, 1.54) is 0 Å². The van der Waals surface area contributed by atoms with Crippen molar-refractivity contribution in [3.05, 3.63) is 23.2 Å². The number of hydrogen-bond acceptors (Lipinski definition) is 7. The molecule has 0 aliphatic heterocycles. The normalized spacial score (nSPS) is 19.8. The highest BCUT2D eigenvalue weighted by Crippen LogP contribution is 2.33. The van der Waals surface area contributed by atoms with Crippen LogP contribution in [0.15, 0.2) is 18.2 Å². The van der Waals surface area contributed by atoms with Gasteiger partial charge in [0.1, 0.15) is 5.82 Å². The Morgan fingerprint density at radius 1 is 1.10 bits per heavy atom. The van der Waals surface area contributed by atoms with Crippen LogP contribution >= 0.6 is 11.6 Å². The summed E-state index contributed by atoms with van der Waals surface area (Å²) in [5.41, 5.74) is 21.2. The molecule has 154 valence electrons. The molecule has 1 aliphatic carbocycles. The second-order valence-electron chi connectivity index (χ2n) is 7.98. The molecule has 1 saturated carbocycles. The number of imidazole rings is 1. The molecule has 0 bridgehead atoms. The number of halogens is 1. The molecule has 0 radical (unpaired) electrons. The van der Waals surface area contributed by atoms with Crippen molar-refractivity contribution < 1.29 is 0 Å². The van der Waals surface area contributed by atoms with Crippen molar-refractivity contribution in [3.63, 3.8) is 0 Å². The lowest BCUT2D eigenvalue weighted by molar-refractivity contribution is 0.402. The van der Waals surface area contributed by atoms with E-state index in [-0.39, 0.29) is 18.1 Å². The van der Waals surface area contributed by atoms with E-state index >= 15 is 0 Å². The molecule has 0 saturated heterocycles. The number of rotatable bonds is 4. The van der Waals surface area contributed by atoms with E-state index in [0.717, 1.165) is 31.2 Å². The van der Waals surface area contributed by atoms with Gasteiger partial charge in [0.25, 0.3) is 0 Å². The summed E-state index contributed by atoms with van der Waals surface area (Å²) in [6, 6.07) is 5.70. The fraction of sp³-hybridized carbons (Fsp3) is 0.450. The number of hydrogen-bond donors (Lipinski definition) is 4. The van der Waals surface area contributed by atoms with Crippen molar-refractivity contribution in [1.82, 2.24) is 19.5 Å². The van der Waals surface area contributed by atoms with Gasteiger partial charge < -0.3 is 27.1 Å². The van der Waals surface area contributed by atoms with Gasteiger partial charge in [0.2, 0.25) is 5.95 Å². The smallest absolute Gasteiger partial charge is 0.227 e. The Morgan fingerprint density at radius 3 is 2.55 bits per heavy atom. The summed E-state index contributed by atoms with van der Waals surface area (Å²) in [6.07, 6.45) is 4.31. The average Bonchev–Trinajstić information content (AvgIpc) is 3.03. The van der Waals surface area contributed by atoms with Crippen molar-refractivity contribution in [2.45, 2.75) is 57.7 Å². The quantitative estimate of drug-likeness (QED) is 0.479. The van der Waals surface area contributed by atoms with Gasteiger partial charge in [0.05, 0.1) is 0 Å². The van der Waals surface area contributed by atoms with Crippen molar-refractivity contribution >= 4 is 40.2 Å². The monoisotopic (exact) mass is 414 g/mol. The average molecular weight is 415 g/mol.